The summed E-state index contributed by atoms with van der Waals surface area (Å²) in [6.45, 7) is 0. The lowest BCUT2D eigenvalue weighted by molar-refractivity contribution is 0.887. The van der Waals surface area contributed by atoms with Gasteiger partial charge >= 0.3 is 0 Å². The lowest BCUT2D eigenvalue weighted by Gasteiger charge is -2.30. The van der Waals surface area contributed by atoms with E-state index >= 15 is 0 Å². The molecule has 54 heavy (non-hydrogen) atoms. The molecule has 2 aliphatic rings. The predicted molar refractivity (Wildman–Crippen MR) is 233 cm³/mol. The molecule has 0 N–H and O–H groups in total. The predicted octanol–water partition coefficient (Wildman–Crippen LogP) is 14.4. The minimum atomic E-state index is 1.06. The first-order valence-electron chi connectivity index (χ1n) is 19.0. The number of hydrogen-bond donors (Lipinski definition) is 0. The van der Waals surface area contributed by atoms with Gasteiger partial charge in [-0.15, -0.1) is 0 Å². The van der Waals surface area contributed by atoms with Crippen LogP contribution in [0.5, 0.6) is 0 Å². The molecule has 0 fully saturated rings. The third-order valence-electron chi connectivity index (χ3n) is 9.94. The van der Waals surface area contributed by atoms with E-state index in [1.165, 1.54) is 44.9 Å². The van der Waals surface area contributed by atoms with Crippen LogP contribution in [-0.2, 0) is 0 Å². The van der Waals surface area contributed by atoms with E-state index in [2.05, 4.69) is 228 Å². The van der Waals surface area contributed by atoms with E-state index in [0.717, 1.165) is 48.3 Å². The summed E-state index contributed by atoms with van der Waals surface area (Å²) < 4.78 is 0. The first-order valence-corrected chi connectivity index (χ1v) is 19.0. The quantitative estimate of drug-likeness (QED) is 0.124. The van der Waals surface area contributed by atoms with Crippen molar-refractivity contribution in [3.05, 3.63) is 228 Å². The maximum absolute atomic E-state index is 2.42. The zero-order valence-electron chi connectivity index (χ0n) is 30.5. The van der Waals surface area contributed by atoms with Crippen molar-refractivity contribution in [2.75, 3.05) is 9.80 Å². The highest BCUT2D eigenvalue weighted by atomic mass is 15.2. The molecule has 0 aliphatic heterocycles. The Balaban J connectivity index is 0.898. The number of hydrogen-bond acceptors (Lipinski definition) is 2. The molecule has 0 heterocycles. The standard InChI is InChI=1S/C52H44N2/c1-5-13-47(14-6-1)53(48-15-7-2-8-16-48)51-37-29-43(30-38-51)23-21-41-25-33-45(34-26-41)46-35-27-42(28-36-46)22-24-44-31-39-52(40-32-44)54(49-17-9-3-10-18-49)50-19-11-4-12-20-50/h1-3,5-9,11,13-17,19-40H,4,10,12,18H2/b23-21+,24-22+. The third-order valence-corrected chi connectivity index (χ3v) is 9.94. The molecule has 0 saturated carbocycles. The summed E-state index contributed by atoms with van der Waals surface area (Å²) in [5, 5.41) is 0. The first-order chi connectivity index (χ1) is 26.8. The number of allylic oxidation sites excluding steroid dienone is 7. The lowest BCUT2D eigenvalue weighted by Crippen LogP contribution is -2.22. The second-order valence-corrected chi connectivity index (χ2v) is 13.7. The van der Waals surface area contributed by atoms with Gasteiger partial charge in [0.05, 0.1) is 0 Å². The fourth-order valence-electron chi connectivity index (χ4n) is 7.05. The first kappa shape index (κ1) is 34.4. The molecule has 2 heteroatoms. The van der Waals surface area contributed by atoms with E-state index in [9.17, 15) is 0 Å². The molecule has 8 rings (SSSR count). The van der Waals surface area contributed by atoms with Gasteiger partial charge in [-0.2, -0.15) is 0 Å². The Kier molecular flexibility index (Phi) is 10.7. The summed E-state index contributed by atoms with van der Waals surface area (Å²) in [5.41, 5.74) is 14.4. The fraction of sp³-hybridized carbons (Fsp3) is 0.0769. The Morgan fingerprint density at radius 2 is 0.833 bits per heavy atom. The van der Waals surface area contributed by atoms with Gasteiger partial charge in [-0.05, 0) is 120 Å². The Morgan fingerprint density at radius 3 is 1.26 bits per heavy atom. The molecule has 6 aromatic rings. The number of rotatable bonds is 11. The minimum absolute atomic E-state index is 1.06. The van der Waals surface area contributed by atoms with Crippen LogP contribution < -0.4 is 9.80 Å². The van der Waals surface area contributed by atoms with E-state index in [1.54, 1.807) is 0 Å². The van der Waals surface area contributed by atoms with Crippen LogP contribution in [0.15, 0.2) is 206 Å². The van der Waals surface area contributed by atoms with E-state index < -0.39 is 0 Å². The third kappa shape index (κ3) is 8.36. The summed E-state index contributed by atoms with van der Waals surface area (Å²) in [6.07, 6.45) is 26.7. The van der Waals surface area contributed by atoms with Crippen molar-refractivity contribution in [2.24, 2.45) is 0 Å². The van der Waals surface area contributed by atoms with Gasteiger partial charge in [-0.3, -0.25) is 0 Å². The van der Waals surface area contributed by atoms with E-state index in [4.69, 9.17) is 0 Å². The maximum Gasteiger partial charge on any atom is 0.0462 e. The minimum Gasteiger partial charge on any atom is -0.315 e. The molecule has 0 atom stereocenters. The summed E-state index contributed by atoms with van der Waals surface area (Å²) in [5.74, 6) is 0. The fourth-order valence-corrected chi connectivity index (χ4v) is 7.05. The van der Waals surface area contributed by atoms with Crippen molar-refractivity contribution in [2.45, 2.75) is 25.7 Å². The molecular weight excluding hydrogens is 653 g/mol. The number of nitrogens with zero attached hydrogens (tertiary/aromatic N) is 2. The van der Waals surface area contributed by atoms with Gasteiger partial charge in [-0.25, -0.2) is 0 Å². The SMILES string of the molecule is C1=CCCC(N(C2=CCCC=C2)c2ccc(/C=C/c3ccc(-c4ccc(/C=C/c5ccc(N(c6ccccc6)c6ccccc6)cc5)cc4)cc3)cc2)=C1. The summed E-state index contributed by atoms with van der Waals surface area (Å²) in [6, 6.07) is 56.3. The van der Waals surface area contributed by atoms with Crippen molar-refractivity contribution in [1.82, 2.24) is 0 Å². The zero-order chi connectivity index (χ0) is 36.4. The Bertz CT molecular complexity index is 2280. The van der Waals surface area contributed by atoms with E-state index in [-0.39, 0.29) is 0 Å². The molecule has 2 nitrogen and oxygen atoms in total. The van der Waals surface area contributed by atoms with Gasteiger partial charge < -0.3 is 9.80 Å². The molecule has 0 radical (unpaired) electrons. The van der Waals surface area contributed by atoms with Gasteiger partial charge in [0.25, 0.3) is 0 Å². The molecule has 0 saturated heterocycles. The van der Waals surface area contributed by atoms with Crippen molar-refractivity contribution in [1.29, 1.82) is 0 Å². The molecule has 262 valence electrons. The smallest absolute Gasteiger partial charge is 0.0462 e. The largest absolute Gasteiger partial charge is 0.315 e. The van der Waals surface area contributed by atoms with Crippen LogP contribution in [0.1, 0.15) is 47.9 Å². The molecule has 0 unspecified atom stereocenters. The van der Waals surface area contributed by atoms with E-state index in [1.807, 2.05) is 0 Å². The molecule has 0 amide bonds. The molecule has 6 aromatic carbocycles. The normalized spacial score (nSPS) is 13.9. The van der Waals surface area contributed by atoms with Crippen LogP contribution in [0.2, 0.25) is 0 Å². The van der Waals surface area contributed by atoms with Crippen molar-refractivity contribution in [3.8, 4) is 11.1 Å². The number of para-hydroxylation sites is 2. The maximum atomic E-state index is 2.42. The molecule has 2 aliphatic carbocycles. The highest BCUT2D eigenvalue weighted by Crippen LogP contribution is 2.35. The average molecular weight is 697 g/mol. The molecule has 0 bridgehead atoms. The molecular formula is C52H44N2. The summed E-state index contributed by atoms with van der Waals surface area (Å²) in [4.78, 5) is 4.70. The van der Waals surface area contributed by atoms with Crippen molar-refractivity contribution < 1.29 is 0 Å². The van der Waals surface area contributed by atoms with Crippen LogP contribution in [0.25, 0.3) is 35.4 Å². The highest BCUT2D eigenvalue weighted by molar-refractivity contribution is 5.79. The topological polar surface area (TPSA) is 6.48 Å². The second kappa shape index (κ2) is 16.8. The Labute approximate surface area is 320 Å². The van der Waals surface area contributed by atoms with Gasteiger partial charge in [0.1, 0.15) is 0 Å². The lowest BCUT2D eigenvalue weighted by atomic mass is 10.0. The van der Waals surface area contributed by atoms with Crippen molar-refractivity contribution in [3.63, 3.8) is 0 Å². The Hall–Kier alpha value is -6.64. The van der Waals surface area contributed by atoms with Gasteiger partial charge in [0.15, 0.2) is 0 Å². The molecule has 0 spiro atoms. The van der Waals surface area contributed by atoms with Crippen LogP contribution in [0.4, 0.5) is 22.7 Å². The monoisotopic (exact) mass is 696 g/mol. The van der Waals surface area contributed by atoms with Crippen LogP contribution in [-0.4, -0.2) is 0 Å². The van der Waals surface area contributed by atoms with Crippen LogP contribution in [0.3, 0.4) is 0 Å². The van der Waals surface area contributed by atoms with Gasteiger partial charge in [0.2, 0.25) is 0 Å². The van der Waals surface area contributed by atoms with E-state index in [0.29, 0.717) is 0 Å². The van der Waals surface area contributed by atoms with Crippen LogP contribution >= 0.6 is 0 Å². The van der Waals surface area contributed by atoms with Gasteiger partial charge in [0, 0.05) is 34.1 Å². The van der Waals surface area contributed by atoms with Crippen molar-refractivity contribution >= 4 is 47.1 Å². The Morgan fingerprint density at radius 1 is 0.389 bits per heavy atom. The zero-order valence-corrected chi connectivity index (χ0v) is 30.5. The average Bonchev–Trinajstić information content (AvgIpc) is 3.25. The summed E-state index contributed by atoms with van der Waals surface area (Å²) >= 11 is 0. The van der Waals surface area contributed by atoms with Crippen LogP contribution in [0, 0.1) is 0 Å². The second-order valence-electron chi connectivity index (χ2n) is 13.7. The summed E-state index contributed by atoms with van der Waals surface area (Å²) in [7, 11) is 0. The highest BCUT2D eigenvalue weighted by Gasteiger charge is 2.17. The molecule has 0 aromatic heterocycles. The number of benzene rings is 6. The van der Waals surface area contributed by atoms with Gasteiger partial charge in [-0.1, -0.05) is 158 Å². The number of anilines is 4.